The van der Waals surface area contributed by atoms with Crippen LogP contribution in [0.15, 0.2) is 48.8 Å². The van der Waals surface area contributed by atoms with Crippen LogP contribution in [0.2, 0.25) is 0 Å². The molecule has 0 saturated carbocycles. The molecule has 152 valence electrons. The van der Waals surface area contributed by atoms with E-state index in [0.717, 1.165) is 5.56 Å². The van der Waals surface area contributed by atoms with Crippen molar-refractivity contribution in [2.75, 3.05) is 25.1 Å². The van der Waals surface area contributed by atoms with E-state index in [4.69, 9.17) is 17.0 Å². The number of aromatic nitrogens is 1. The molecule has 1 fully saturated rings. The van der Waals surface area contributed by atoms with Gasteiger partial charge in [-0.3, -0.25) is 19.5 Å². The summed E-state index contributed by atoms with van der Waals surface area (Å²) in [5, 5.41) is 3.17. The highest BCUT2D eigenvalue weighted by Crippen LogP contribution is 2.28. The summed E-state index contributed by atoms with van der Waals surface area (Å²) in [6.45, 7) is 2.90. The SMILES string of the molecule is CCNC(=O)C[C@H]1C(=O)N(c2ccc(OC)cc2)C(=S)N1CCc1ccncc1. The zero-order valence-corrected chi connectivity index (χ0v) is 17.3. The van der Waals surface area contributed by atoms with Gasteiger partial charge in [-0.1, -0.05) is 0 Å². The fourth-order valence-corrected chi connectivity index (χ4v) is 3.71. The van der Waals surface area contributed by atoms with Crippen LogP contribution in [-0.4, -0.2) is 53.1 Å². The van der Waals surface area contributed by atoms with Crippen LogP contribution in [0, 0.1) is 0 Å². The highest BCUT2D eigenvalue weighted by atomic mass is 32.1. The first-order valence-electron chi connectivity index (χ1n) is 9.49. The van der Waals surface area contributed by atoms with Crippen LogP contribution >= 0.6 is 12.2 Å². The molecule has 1 aromatic carbocycles. The lowest BCUT2D eigenvalue weighted by Gasteiger charge is -2.24. The number of ether oxygens (including phenoxy) is 1. The maximum absolute atomic E-state index is 13.2. The molecule has 1 aliphatic rings. The normalized spacial score (nSPS) is 16.3. The van der Waals surface area contributed by atoms with Gasteiger partial charge in [-0.15, -0.1) is 0 Å². The van der Waals surface area contributed by atoms with E-state index < -0.39 is 6.04 Å². The van der Waals surface area contributed by atoms with Gasteiger partial charge >= 0.3 is 0 Å². The van der Waals surface area contributed by atoms with Crippen molar-refractivity contribution in [1.82, 2.24) is 15.2 Å². The number of nitrogens with zero attached hydrogens (tertiary/aromatic N) is 3. The van der Waals surface area contributed by atoms with Crippen LogP contribution in [-0.2, 0) is 16.0 Å². The number of carbonyl (C=O) groups excluding carboxylic acids is 2. The van der Waals surface area contributed by atoms with Crippen molar-refractivity contribution in [2.45, 2.75) is 25.8 Å². The molecule has 1 N–H and O–H groups in total. The molecule has 1 saturated heterocycles. The molecule has 2 amide bonds. The number of benzene rings is 1. The Hall–Kier alpha value is -3.00. The summed E-state index contributed by atoms with van der Waals surface area (Å²) in [4.78, 5) is 32.8. The molecule has 1 aromatic heterocycles. The molecule has 0 spiro atoms. The third-order valence-electron chi connectivity index (χ3n) is 4.79. The smallest absolute Gasteiger partial charge is 0.256 e. The van der Waals surface area contributed by atoms with Crippen molar-refractivity contribution in [3.63, 3.8) is 0 Å². The van der Waals surface area contributed by atoms with Crippen LogP contribution in [0.3, 0.4) is 0 Å². The quantitative estimate of drug-likeness (QED) is 0.670. The van der Waals surface area contributed by atoms with E-state index in [1.807, 2.05) is 24.0 Å². The van der Waals surface area contributed by atoms with E-state index in [0.29, 0.717) is 36.1 Å². The van der Waals surface area contributed by atoms with Gasteiger partial charge in [-0.05, 0) is 67.5 Å². The highest BCUT2D eigenvalue weighted by molar-refractivity contribution is 7.80. The number of hydrogen-bond acceptors (Lipinski definition) is 5. The molecule has 0 bridgehead atoms. The fraction of sp³-hybridized carbons (Fsp3) is 0.333. The van der Waals surface area contributed by atoms with Crippen molar-refractivity contribution < 1.29 is 14.3 Å². The van der Waals surface area contributed by atoms with E-state index in [1.165, 1.54) is 4.90 Å². The minimum absolute atomic E-state index is 0.0653. The van der Waals surface area contributed by atoms with Crippen LogP contribution in [0.1, 0.15) is 18.9 Å². The largest absolute Gasteiger partial charge is 0.497 e. The fourth-order valence-electron chi connectivity index (χ4n) is 3.30. The Morgan fingerprint density at radius 1 is 1.21 bits per heavy atom. The van der Waals surface area contributed by atoms with E-state index >= 15 is 0 Å². The Labute approximate surface area is 175 Å². The predicted molar refractivity (Wildman–Crippen MR) is 115 cm³/mol. The number of amides is 2. The van der Waals surface area contributed by atoms with Crippen molar-refractivity contribution in [3.05, 3.63) is 54.4 Å². The number of thiocarbonyl (C=S) groups is 1. The second kappa shape index (κ2) is 9.47. The van der Waals surface area contributed by atoms with Crippen LogP contribution in [0.4, 0.5) is 5.69 Å². The summed E-state index contributed by atoms with van der Waals surface area (Å²) in [5.41, 5.74) is 1.75. The minimum Gasteiger partial charge on any atom is -0.497 e. The lowest BCUT2D eigenvalue weighted by atomic mass is 10.1. The number of methoxy groups -OCH3 is 1. The maximum Gasteiger partial charge on any atom is 0.256 e. The lowest BCUT2D eigenvalue weighted by molar-refractivity contribution is -0.127. The molecule has 0 aliphatic carbocycles. The lowest BCUT2D eigenvalue weighted by Crippen LogP contribution is -2.40. The number of hydrogen-bond donors (Lipinski definition) is 1. The highest BCUT2D eigenvalue weighted by Gasteiger charge is 2.43. The molecule has 29 heavy (non-hydrogen) atoms. The molecule has 0 unspecified atom stereocenters. The van der Waals surface area contributed by atoms with Crippen LogP contribution in [0.25, 0.3) is 0 Å². The Morgan fingerprint density at radius 3 is 2.52 bits per heavy atom. The Balaban J connectivity index is 1.84. The summed E-state index contributed by atoms with van der Waals surface area (Å²) in [5.74, 6) is 0.333. The van der Waals surface area contributed by atoms with Crippen molar-refractivity contribution in [3.8, 4) is 5.75 Å². The summed E-state index contributed by atoms with van der Waals surface area (Å²) in [7, 11) is 1.59. The number of nitrogens with one attached hydrogen (secondary N) is 1. The first-order chi connectivity index (χ1) is 14.0. The zero-order valence-electron chi connectivity index (χ0n) is 16.5. The Morgan fingerprint density at radius 2 is 1.90 bits per heavy atom. The number of carbonyl (C=O) groups is 2. The summed E-state index contributed by atoms with van der Waals surface area (Å²) < 4.78 is 5.19. The van der Waals surface area contributed by atoms with E-state index in [1.54, 1.807) is 43.8 Å². The van der Waals surface area contributed by atoms with Gasteiger partial charge in [0.15, 0.2) is 5.11 Å². The molecule has 1 aliphatic heterocycles. The van der Waals surface area contributed by atoms with E-state index in [2.05, 4.69) is 10.3 Å². The first-order valence-corrected chi connectivity index (χ1v) is 9.90. The molecule has 2 heterocycles. The van der Waals surface area contributed by atoms with Gasteiger partial charge in [0.1, 0.15) is 11.8 Å². The van der Waals surface area contributed by atoms with Crippen molar-refractivity contribution in [1.29, 1.82) is 0 Å². The van der Waals surface area contributed by atoms with Crippen molar-refractivity contribution >= 4 is 34.8 Å². The number of pyridine rings is 1. The van der Waals surface area contributed by atoms with Gasteiger partial charge in [0.25, 0.3) is 5.91 Å². The minimum atomic E-state index is -0.627. The van der Waals surface area contributed by atoms with Crippen molar-refractivity contribution in [2.24, 2.45) is 0 Å². The molecule has 7 nitrogen and oxygen atoms in total. The third kappa shape index (κ3) is 4.71. The van der Waals surface area contributed by atoms with Gasteiger partial charge in [0, 0.05) is 25.5 Å². The topological polar surface area (TPSA) is 74.8 Å². The molecule has 1 atom stereocenters. The molecular weight excluding hydrogens is 388 g/mol. The van der Waals surface area contributed by atoms with Crippen LogP contribution < -0.4 is 15.0 Å². The van der Waals surface area contributed by atoms with Gasteiger partial charge in [-0.25, -0.2) is 0 Å². The van der Waals surface area contributed by atoms with Gasteiger partial charge in [0.05, 0.1) is 19.2 Å². The van der Waals surface area contributed by atoms with E-state index in [9.17, 15) is 9.59 Å². The second-order valence-corrected chi connectivity index (χ2v) is 6.99. The predicted octanol–water partition coefficient (Wildman–Crippen LogP) is 2.16. The third-order valence-corrected chi connectivity index (χ3v) is 5.21. The van der Waals surface area contributed by atoms with Gasteiger partial charge in [0.2, 0.25) is 5.91 Å². The van der Waals surface area contributed by atoms with Gasteiger partial charge < -0.3 is 15.0 Å². The maximum atomic E-state index is 13.2. The Bertz CT molecular complexity index is 873. The first kappa shape index (κ1) is 20.7. The molecule has 2 aromatic rings. The molecule has 3 rings (SSSR count). The number of rotatable bonds is 8. The Kier molecular flexibility index (Phi) is 6.77. The zero-order chi connectivity index (χ0) is 20.8. The average molecular weight is 413 g/mol. The second-order valence-electron chi connectivity index (χ2n) is 6.63. The van der Waals surface area contributed by atoms with Crippen LogP contribution in [0.5, 0.6) is 5.75 Å². The number of anilines is 1. The monoisotopic (exact) mass is 412 g/mol. The summed E-state index contributed by atoms with van der Waals surface area (Å²) >= 11 is 5.65. The molecular formula is C21H24N4O3S. The summed E-state index contributed by atoms with van der Waals surface area (Å²) in [6, 6.07) is 10.4. The van der Waals surface area contributed by atoms with E-state index in [-0.39, 0.29) is 18.2 Å². The molecule has 0 radical (unpaired) electrons. The summed E-state index contributed by atoms with van der Waals surface area (Å²) in [6.07, 6.45) is 4.23. The van der Waals surface area contributed by atoms with Gasteiger partial charge in [-0.2, -0.15) is 0 Å². The standard InChI is InChI=1S/C21H24N4O3S/c1-3-23-19(26)14-18-20(27)25(16-4-6-17(28-2)7-5-16)21(29)24(18)13-10-15-8-11-22-12-9-15/h4-9,11-12,18H,3,10,13-14H2,1-2H3,(H,23,26)/t18-/m0/s1. The average Bonchev–Trinajstić information content (AvgIpc) is 2.96. The molecule has 8 heteroatoms.